The van der Waals surface area contributed by atoms with Gasteiger partial charge in [-0.1, -0.05) is 6.92 Å². The third kappa shape index (κ3) is 4.75. The standard InChI is InChI=1S/C13H17N3O5/c1-8(12(19)21-3)7-16(2)13(20)15-10-4-9(11(17)18)5-14-6-10/h4-6,8H,7H2,1-3H3,(H,15,20)(H,17,18). The number of anilines is 1. The minimum Gasteiger partial charge on any atom is -0.478 e. The van der Waals surface area contributed by atoms with E-state index in [9.17, 15) is 14.4 Å². The van der Waals surface area contributed by atoms with Crippen LogP contribution in [-0.2, 0) is 9.53 Å². The predicted molar refractivity (Wildman–Crippen MR) is 74.0 cm³/mol. The molecule has 2 amide bonds. The Morgan fingerprint density at radius 2 is 2.10 bits per heavy atom. The first-order chi connectivity index (χ1) is 9.85. The highest BCUT2D eigenvalue weighted by Crippen LogP contribution is 2.10. The lowest BCUT2D eigenvalue weighted by atomic mass is 10.2. The van der Waals surface area contributed by atoms with E-state index in [2.05, 4.69) is 15.0 Å². The smallest absolute Gasteiger partial charge is 0.337 e. The molecule has 1 aromatic heterocycles. The molecule has 1 heterocycles. The van der Waals surface area contributed by atoms with E-state index >= 15 is 0 Å². The molecule has 0 spiro atoms. The van der Waals surface area contributed by atoms with E-state index in [1.807, 2.05) is 0 Å². The van der Waals surface area contributed by atoms with Gasteiger partial charge in [-0.05, 0) is 6.07 Å². The van der Waals surface area contributed by atoms with Crippen molar-refractivity contribution in [2.45, 2.75) is 6.92 Å². The molecule has 0 fully saturated rings. The number of carboxylic acid groups (broad SMARTS) is 1. The van der Waals surface area contributed by atoms with Crippen LogP contribution >= 0.6 is 0 Å². The number of hydrogen-bond acceptors (Lipinski definition) is 5. The van der Waals surface area contributed by atoms with Gasteiger partial charge in [-0.3, -0.25) is 9.78 Å². The third-order valence-corrected chi connectivity index (χ3v) is 2.73. The molecule has 8 heteroatoms. The topological polar surface area (TPSA) is 109 Å². The number of aromatic nitrogens is 1. The number of hydrogen-bond donors (Lipinski definition) is 2. The Morgan fingerprint density at radius 1 is 1.43 bits per heavy atom. The lowest BCUT2D eigenvalue weighted by molar-refractivity contribution is -0.145. The fraction of sp³-hybridized carbons (Fsp3) is 0.385. The van der Waals surface area contributed by atoms with Crippen LogP contribution in [0, 0.1) is 5.92 Å². The molecule has 1 aromatic rings. The number of esters is 1. The summed E-state index contributed by atoms with van der Waals surface area (Å²) < 4.78 is 4.58. The molecular formula is C13H17N3O5. The van der Waals surface area contributed by atoms with Gasteiger partial charge in [0.15, 0.2) is 0 Å². The molecule has 1 rings (SSSR count). The summed E-state index contributed by atoms with van der Waals surface area (Å²) in [7, 11) is 2.80. The van der Waals surface area contributed by atoms with Crippen molar-refractivity contribution < 1.29 is 24.2 Å². The van der Waals surface area contributed by atoms with Crippen LogP contribution in [0.1, 0.15) is 17.3 Å². The number of methoxy groups -OCH3 is 1. The Bertz CT molecular complexity index is 546. The van der Waals surface area contributed by atoms with Crippen LogP contribution in [-0.4, -0.2) is 53.7 Å². The van der Waals surface area contributed by atoms with Crippen molar-refractivity contribution in [3.63, 3.8) is 0 Å². The molecule has 0 bridgehead atoms. The van der Waals surface area contributed by atoms with E-state index in [1.165, 1.54) is 37.5 Å². The second-order valence-corrected chi connectivity index (χ2v) is 4.50. The zero-order chi connectivity index (χ0) is 16.0. The summed E-state index contributed by atoms with van der Waals surface area (Å²) in [5.74, 6) is -2.01. The number of rotatable bonds is 5. The number of carbonyl (C=O) groups is 3. The Balaban J connectivity index is 2.66. The number of carbonyl (C=O) groups excluding carboxylic acids is 2. The van der Waals surface area contributed by atoms with Crippen molar-refractivity contribution in [1.82, 2.24) is 9.88 Å². The van der Waals surface area contributed by atoms with Gasteiger partial charge in [-0.25, -0.2) is 9.59 Å². The predicted octanol–water partition coefficient (Wildman–Crippen LogP) is 1.05. The average Bonchev–Trinajstić information content (AvgIpc) is 2.46. The van der Waals surface area contributed by atoms with Crippen molar-refractivity contribution in [2.75, 3.05) is 26.0 Å². The number of carboxylic acids is 1. The van der Waals surface area contributed by atoms with Gasteiger partial charge in [0.2, 0.25) is 0 Å². The zero-order valence-electron chi connectivity index (χ0n) is 12.0. The first-order valence-corrected chi connectivity index (χ1v) is 6.13. The summed E-state index contributed by atoms with van der Waals surface area (Å²) in [5.41, 5.74) is 0.232. The minimum atomic E-state index is -1.13. The van der Waals surface area contributed by atoms with E-state index in [0.717, 1.165) is 0 Å². The van der Waals surface area contributed by atoms with Gasteiger partial charge >= 0.3 is 18.0 Å². The summed E-state index contributed by atoms with van der Waals surface area (Å²) in [6.45, 7) is 1.81. The zero-order valence-corrected chi connectivity index (χ0v) is 12.0. The first kappa shape index (κ1) is 16.4. The number of aromatic carboxylic acids is 1. The van der Waals surface area contributed by atoms with Crippen molar-refractivity contribution >= 4 is 23.7 Å². The van der Waals surface area contributed by atoms with Gasteiger partial charge in [-0.2, -0.15) is 0 Å². The van der Waals surface area contributed by atoms with Crippen LogP contribution in [0.25, 0.3) is 0 Å². The van der Waals surface area contributed by atoms with Gasteiger partial charge in [0.05, 0.1) is 30.5 Å². The SMILES string of the molecule is COC(=O)C(C)CN(C)C(=O)Nc1cncc(C(=O)O)c1. The van der Waals surface area contributed by atoms with E-state index < -0.39 is 23.9 Å². The quantitative estimate of drug-likeness (QED) is 0.786. The molecule has 0 aliphatic carbocycles. The molecule has 0 aliphatic heterocycles. The van der Waals surface area contributed by atoms with Gasteiger partial charge < -0.3 is 20.1 Å². The lowest BCUT2D eigenvalue weighted by Gasteiger charge is -2.20. The molecule has 0 saturated heterocycles. The summed E-state index contributed by atoms with van der Waals surface area (Å²) in [4.78, 5) is 39.1. The number of nitrogens with one attached hydrogen (secondary N) is 1. The van der Waals surface area contributed by atoms with E-state index in [1.54, 1.807) is 6.92 Å². The molecule has 114 valence electrons. The van der Waals surface area contributed by atoms with Crippen LogP contribution in [0.15, 0.2) is 18.5 Å². The van der Waals surface area contributed by atoms with Crippen LogP contribution < -0.4 is 5.32 Å². The number of nitrogens with zero attached hydrogens (tertiary/aromatic N) is 2. The van der Waals surface area contributed by atoms with Crippen LogP contribution in [0.3, 0.4) is 0 Å². The first-order valence-electron chi connectivity index (χ1n) is 6.13. The molecule has 21 heavy (non-hydrogen) atoms. The maximum Gasteiger partial charge on any atom is 0.337 e. The molecule has 0 aliphatic rings. The average molecular weight is 295 g/mol. The van der Waals surface area contributed by atoms with Gasteiger partial charge in [0.1, 0.15) is 0 Å². The number of urea groups is 1. The second kappa shape index (κ2) is 7.22. The highest BCUT2D eigenvalue weighted by Gasteiger charge is 2.19. The van der Waals surface area contributed by atoms with Crippen LogP contribution in [0.5, 0.6) is 0 Å². The molecule has 0 radical (unpaired) electrons. The molecule has 2 N–H and O–H groups in total. The summed E-state index contributed by atoms with van der Waals surface area (Å²) in [6, 6.07) is 0.820. The van der Waals surface area contributed by atoms with E-state index in [0.29, 0.717) is 0 Å². The van der Waals surface area contributed by atoms with E-state index in [-0.39, 0.29) is 17.8 Å². The van der Waals surface area contributed by atoms with Crippen molar-refractivity contribution in [2.24, 2.45) is 5.92 Å². The van der Waals surface area contributed by atoms with Gasteiger partial charge in [0.25, 0.3) is 0 Å². The van der Waals surface area contributed by atoms with Crippen molar-refractivity contribution in [1.29, 1.82) is 0 Å². The molecule has 1 atom stereocenters. The summed E-state index contributed by atoms with van der Waals surface area (Å²) >= 11 is 0. The Kier molecular flexibility index (Phi) is 5.65. The normalized spacial score (nSPS) is 11.4. The Labute approximate surface area is 121 Å². The molecule has 8 nitrogen and oxygen atoms in total. The monoisotopic (exact) mass is 295 g/mol. The summed E-state index contributed by atoms with van der Waals surface area (Å²) in [5, 5.41) is 11.4. The molecule has 1 unspecified atom stereocenters. The summed E-state index contributed by atoms with van der Waals surface area (Å²) in [6.07, 6.45) is 2.52. The maximum atomic E-state index is 11.9. The fourth-order valence-electron chi connectivity index (χ4n) is 1.61. The minimum absolute atomic E-state index is 0.0293. The number of ether oxygens (including phenoxy) is 1. The van der Waals surface area contributed by atoms with Crippen LogP contribution in [0.2, 0.25) is 0 Å². The highest BCUT2D eigenvalue weighted by molar-refractivity contribution is 5.92. The van der Waals surface area contributed by atoms with Crippen molar-refractivity contribution in [3.8, 4) is 0 Å². The Hall–Kier alpha value is -2.64. The third-order valence-electron chi connectivity index (χ3n) is 2.73. The maximum absolute atomic E-state index is 11.9. The van der Waals surface area contributed by atoms with Crippen molar-refractivity contribution in [3.05, 3.63) is 24.0 Å². The highest BCUT2D eigenvalue weighted by atomic mass is 16.5. The molecular weight excluding hydrogens is 278 g/mol. The molecule has 0 saturated carbocycles. The second-order valence-electron chi connectivity index (χ2n) is 4.50. The molecule has 0 aromatic carbocycles. The lowest BCUT2D eigenvalue weighted by Crippen LogP contribution is -2.37. The van der Waals surface area contributed by atoms with Gasteiger partial charge in [-0.15, -0.1) is 0 Å². The number of amides is 2. The fourth-order valence-corrected chi connectivity index (χ4v) is 1.61. The number of pyridine rings is 1. The Morgan fingerprint density at radius 3 is 2.67 bits per heavy atom. The van der Waals surface area contributed by atoms with Gasteiger partial charge in [0, 0.05) is 19.8 Å². The van der Waals surface area contributed by atoms with E-state index in [4.69, 9.17) is 5.11 Å². The largest absolute Gasteiger partial charge is 0.478 e. The van der Waals surface area contributed by atoms with Crippen LogP contribution in [0.4, 0.5) is 10.5 Å².